The molecule has 0 amide bonds. The molecule has 1 aromatic heterocycles. The van der Waals surface area contributed by atoms with Crippen LogP contribution in [0.15, 0.2) is 10.7 Å². The average Bonchev–Trinajstić information content (AvgIpc) is 2.62. The lowest BCUT2D eigenvalue weighted by Gasteiger charge is -2.12. The number of methoxy groups -OCH3 is 1. The molecule has 0 atom stereocenters. The lowest BCUT2D eigenvalue weighted by molar-refractivity contribution is 0.205. The molecule has 0 aliphatic rings. The zero-order valence-corrected chi connectivity index (χ0v) is 8.54. The van der Waals surface area contributed by atoms with Gasteiger partial charge in [-0.1, -0.05) is 0 Å². The van der Waals surface area contributed by atoms with Crippen molar-refractivity contribution in [2.24, 2.45) is 0 Å². The molecular formula is C8H13ClN2O2. The first-order valence-corrected chi connectivity index (χ1v) is 4.52. The Hall–Kier alpha value is -0.740. The Balaban J connectivity index is 2.50. The Morgan fingerprint density at radius 2 is 2.46 bits per heavy atom. The molecule has 1 heterocycles. The van der Waals surface area contributed by atoms with Crippen LogP contribution in [0.4, 0.5) is 6.01 Å². The topological polar surface area (TPSA) is 38.5 Å². The highest BCUT2D eigenvalue weighted by Gasteiger charge is 2.07. The second-order valence-electron chi connectivity index (χ2n) is 2.67. The summed E-state index contributed by atoms with van der Waals surface area (Å²) in [5, 5.41) is 0. The van der Waals surface area contributed by atoms with E-state index in [-0.39, 0.29) is 0 Å². The second-order valence-corrected chi connectivity index (χ2v) is 2.94. The maximum Gasteiger partial charge on any atom is 0.297 e. The molecule has 1 rings (SSSR count). The predicted octanol–water partition coefficient (Wildman–Crippen LogP) is 1.50. The fourth-order valence-corrected chi connectivity index (χ4v) is 0.980. The van der Waals surface area contributed by atoms with E-state index in [1.54, 1.807) is 13.4 Å². The first kappa shape index (κ1) is 10.3. The normalized spacial score (nSPS) is 10.4. The standard InChI is InChI=1S/C8H13ClN2O2/c1-11(3-4-12-2)8-10-7(5-9)6-13-8/h6H,3-5H2,1-2H3. The Bertz CT molecular complexity index is 252. The number of aromatic nitrogens is 1. The van der Waals surface area contributed by atoms with Crippen molar-refractivity contribution in [1.82, 2.24) is 4.98 Å². The van der Waals surface area contributed by atoms with E-state index in [1.165, 1.54) is 0 Å². The lowest BCUT2D eigenvalue weighted by atomic mass is 10.6. The van der Waals surface area contributed by atoms with Crippen molar-refractivity contribution in [3.05, 3.63) is 12.0 Å². The van der Waals surface area contributed by atoms with E-state index in [0.717, 1.165) is 12.2 Å². The molecule has 0 bridgehead atoms. The largest absolute Gasteiger partial charge is 0.432 e. The third-order valence-corrected chi connectivity index (χ3v) is 1.91. The molecule has 0 saturated heterocycles. The van der Waals surface area contributed by atoms with E-state index in [0.29, 0.717) is 18.5 Å². The van der Waals surface area contributed by atoms with Crippen molar-refractivity contribution < 1.29 is 9.15 Å². The summed E-state index contributed by atoms with van der Waals surface area (Å²) in [5.74, 6) is 0.377. The first-order valence-electron chi connectivity index (χ1n) is 3.98. The van der Waals surface area contributed by atoms with Gasteiger partial charge in [0.25, 0.3) is 6.01 Å². The van der Waals surface area contributed by atoms with Crippen LogP contribution >= 0.6 is 11.6 Å². The van der Waals surface area contributed by atoms with E-state index in [1.807, 2.05) is 11.9 Å². The van der Waals surface area contributed by atoms with Crippen LogP contribution in [0.2, 0.25) is 0 Å². The van der Waals surface area contributed by atoms with E-state index in [9.17, 15) is 0 Å². The molecule has 0 aliphatic carbocycles. The molecule has 0 N–H and O–H groups in total. The zero-order valence-electron chi connectivity index (χ0n) is 7.79. The molecule has 0 aromatic carbocycles. The third kappa shape index (κ3) is 2.90. The van der Waals surface area contributed by atoms with Crippen molar-refractivity contribution in [2.75, 3.05) is 32.2 Å². The summed E-state index contributed by atoms with van der Waals surface area (Å²) in [4.78, 5) is 6.03. The number of hydrogen-bond donors (Lipinski definition) is 0. The molecule has 0 fully saturated rings. The number of ether oxygens (including phenoxy) is 1. The highest BCUT2D eigenvalue weighted by atomic mass is 35.5. The molecule has 74 valence electrons. The maximum atomic E-state index is 5.58. The van der Waals surface area contributed by atoms with Crippen LogP contribution in [0.5, 0.6) is 0 Å². The van der Waals surface area contributed by atoms with Crippen LogP contribution in [0.1, 0.15) is 5.69 Å². The van der Waals surface area contributed by atoms with Gasteiger partial charge in [0.1, 0.15) is 6.26 Å². The van der Waals surface area contributed by atoms with Crippen LogP contribution in [0.25, 0.3) is 0 Å². The number of anilines is 1. The average molecular weight is 205 g/mol. The fourth-order valence-electron chi connectivity index (χ4n) is 0.857. The van der Waals surface area contributed by atoms with Gasteiger partial charge >= 0.3 is 0 Å². The molecule has 13 heavy (non-hydrogen) atoms. The predicted molar refractivity (Wildman–Crippen MR) is 51.2 cm³/mol. The van der Waals surface area contributed by atoms with Gasteiger partial charge in [0, 0.05) is 20.7 Å². The summed E-state index contributed by atoms with van der Waals surface area (Å²) >= 11 is 5.58. The summed E-state index contributed by atoms with van der Waals surface area (Å²) in [6.45, 7) is 1.40. The summed E-state index contributed by atoms with van der Waals surface area (Å²) in [6, 6.07) is 0.577. The van der Waals surface area contributed by atoms with Gasteiger partial charge in [0.05, 0.1) is 18.2 Å². The maximum absolute atomic E-state index is 5.58. The second kappa shape index (κ2) is 5.09. The lowest BCUT2D eigenvalue weighted by Crippen LogP contribution is -2.22. The zero-order chi connectivity index (χ0) is 9.68. The monoisotopic (exact) mass is 204 g/mol. The minimum absolute atomic E-state index is 0.377. The Morgan fingerprint density at radius 1 is 1.69 bits per heavy atom. The van der Waals surface area contributed by atoms with Gasteiger partial charge in [0.2, 0.25) is 0 Å². The molecule has 0 spiro atoms. The minimum atomic E-state index is 0.377. The summed E-state index contributed by atoms with van der Waals surface area (Å²) in [7, 11) is 3.55. The highest BCUT2D eigenvalue weighted by Crippen LogP contribution is 2.12. The van der Waals surface area contributed by atoms with Gasteiger partial charge in [0.15, 0.2) is 0 Å². The number of hydrogen-bond acceptors (Lipinski definition) is 4. The molecule has 4 nitrogen and oxygen atoms in total. The van der Waals surface area contributed by atoms with Crippen molar-refractivity contribution in [3.8, 4) is 0 Å². The van der Waals surface area contributed by atoms with Crippen LogP contribution in [0.3, 0.4) is 0 Å². The van der Waals surface area contributed by atoms with E-state index >= 15 is 0 Å². The van der Waals surface area contributed by atoms with Crippen LogP contribution in [-0.2, 0) is 10.6 Å². The molecule has 0 aliphatic heterocycles. The smallest absolute Gasteiger partial charge is 0.297 e. The van der Waals surface area contributed by atoms with E-state index in [2.05, 4.69) is 4.98 Å². The summed E-state index contributed by atoms with van der Waals surface area (Å²) in [5.41, 5.74) is 0.751. The van der Waals surface area contributed by atoms with Gasteiger partial charge in [-0.3, -0.25) is 0 Å². The van der Waals surface area contributed by atoms with Crippen LogP contribution < -0.4 is 4.90 Å². The SMILES string of the molecule is COCCN(C)c1nc(CCl)co1. The molecule has 5 heteroatoms. The van der Waals surface area contributed by atoms with E-state index < -0.39 is 0 Å². The van der Waals surface area contributed by atoms with Crippen molar-refractivity contribution in [1.29, 1.82) is 0 Å². The Kier molecular flexibility index (Phi) is 4.05. The third-order valence-electron chi connectivity index (χ3n) is 1.63. The number of halogens is 1. The Morgan fingerprint density at radius 3 is 3.00 bits per heavy atom. The van der Waals surface area contributed by atoms with Gasteiger partial charge in [-0.2, -0.15) is 4.98 Å². The van der Waals surface area contributed by atoms with Gasteiger partial charge in [-0.25, -0.2) is 0 Å². The number of likely N-dealkylation sites (N-methyl/N-ethyl adjacent to an activating group) is 1. The van der Waals surface area contributed by atoms with Gasteiger partial charge < -0.3 is 14.1 Å². The van der Waals surface area contributed by atoms with Gasteiger partial charge in [-0.05, 0) is 0 Å². The fraction of sp³-hybridized carbons (Fsp3) is 0.625. The molecular weight excluding hydrogens is 192 g/mol. The molecule has 1 aromatic rings. The molecule has 0 radical (unpaired) electrons. The number of alkyl halides is 1. The molecule has 0 saturated carbocycles. The first-order chi connectivity index (χ1) is 6.27. The number of oxazole rings is 1. The summed E-state index contributed by atoms with van der Waals surface area (Å²) < 4.78 is 10.1. The van der Waals surface area contributed by atoms with Gasteiger partial charge in [-0.15, -0.1) is 11.6 Å². The number of nitrogens with zero attached hydrogens (tertiary/aromatic N) is 2. The van der Waals surface area contributed by atoms with Crippen molar-refractivity contribution >= 4 is 17.6 Å². The van der Waals surface area contributed by atoms with Crippen LogP contribution in [0, 0.1) is 0 Å². The minimum Gasteiger partial charge on any atom is -0.432 e. The van der Waals surface area contributed by atoms with Crippen molar-refractivity contribution in [3.63, 3.8) is 0 Å². The van der Waals surface area contributed by atoms with Crippen LogP contribution in [-0.4, -0.2) is 32.3 Å². The highest BCUT2D eigenvalue weighted by molar-refractivity contribution is 6.16. The molecule has 0 unspecified atom stereocenters. The van der Waals surface area contributed by atoms with Crippen molar-refractivity contribution in [2.45, 2.75) is 5.88 Å². The Labute approximate surface area is 82.4 Å². The number of rotatable bonds is 5. The van der Waals surface area contributed by atoms with E-state index in [4.69, 9.17) is 20.8 Å². The summed E-state index contributed by atoms with van der Waals surface area (Å²) in [6.07, 6.45) is 1.56. The quantitative estimate of drug-likeness (QED) is 0.682.